The van der Waals surface area contributed by atoms with Gasteiger partial charge in [-0.25, -0.2) is 4.79 Å². The van der Waals surface area contributed by atoms with Crippen molar-refractivity contribution in [1.29, 1.82) is 0 Å². The summed E-state index contributed by atoms with van der Waals surface area (Å²) in [6.45, 7) is 4.62. The van der Waals surface area contributed by atoms with Gasteiger partial charge < -0.3 is 15.4 Å². The van der Waals surface area contributed by atoms with Crippen LogP contribution in [0.5, 0.6) is 0 Å². The number of ether oxygens (including phenoxy) is 1. The number of thiocarbonyl (C=S) groups is 1. The first kappa shape index (κ1) is 17.2. The summed E-state index contributed by atoms with van der Waals surface area (Å²) >= 11 is 4.99. The number of anilines is 1. The lowest BCUT2D eigenvalue weighted by Crippen LogP contribution is -2.39. The lowest BCUT2D eigenvalue weighted by molar-refractivity contribution is 0.0939. The van der Waals surface area contributed by atoms with Gasteiger partial charge in [0.1, 0.15) is 6.10 Å². The van der Waals surface area contributed by atoms with E-state index < -0.39 is 6.09 Å². The molecule has 1 fully saturated rings. The number of carbonyl (C=O) groups is 2. The summed E-state index contributed by atoms with van der Waals surface area (Å²) in [7, 11) is 1.72. The predicted octanol–water partition coefficient (Wildman–Crippen LogP) is 1.94. The van der Waals surface area contributed by atoms with Crippen LogP contribution in [0.3, 0.4) is 0 Å². The Kier molecular flexibility index (Phi) is 5.54. The van der Waals surface area contributed by atoms with Crippen LogP contribution in [-0.2, 0) is 4.74 Å². The Morgan fingerprint density at radius 2 is 2.04 bits per heavy atom. The van der Waals surface area contributed by atoms with Crippen LogP contribution in [0.4, 0.5) is 10.5 Å². The van der Waals surface area contributed by atoms with Crippen LogP contribution in [0, 0.1) is 5.92 Å². The first-order chi connectivity index (χ1) is 10.9. The molecule has 7 heteroatoms. The molecule has 1 aliphatic rings. The van der Waals surface area contributed by atoms with E-state index in [0.717, 1.165) is 0 Å². The molecule has 0 saturated carbocycles. The van der Waals surface area contributed by atoms with E-state index in [0.29, 0.717) is 29.5 Å². The first-order valence-corrected chi connectivity index (χ1v) is 7.91. The smallest absolute Gasteiger partial charge is 0.414 e. The zero-order chi connectivity index (χ0) is 17.0. The van der Waals surface area contributed by atoms with E-state index in [2.05, 4.69) is 10.6 Å². The molecule has 1 amide bonds. The molecule has 2 N–H and O–H groups in total. The number of hydrogen-bond donors (Lipinski definition) is 2. The second kappa shape index (κ2) is 7.41. The molecule has 1 saturated heterocycles. The Balaban J connectivity index is 2.00. The van der Waals surface area contributed by atoms with E-state index >= 15 is 0 Å². The van der Waals surface area contributed by atoms with Crippen LogP contribution in [-0.4, -0.2) is 43.2 Å². The number of benzene rings is 1. The van der Waals surface area contributed by atoms with Gasteiger partial charge >= 0.3 is 6.09 Å². The van der Waals surface area contributed by atoms with Gasteiger partial charge in [-0.15, -0.1) is 0 Å². The SMILES string of the molecule is CNC(=S)NC[C@H]1CN(c2ccc(C(=O)C(C)C)cc2)C(=O)O1. The van der Waals surface area contributed by atoms with Crippen molar-refractivity contribution in [3.8, 4) is 0 Å². The molecule has 0 radical (unpaired) electrons. The largest absolute Gasteiger partial charge is 0.442 e. The fourth-order valence-electron chi connectivity index (χ4n) is 2.27. The molecule has 2 rings (SSSR count). The molecule has 1 atom stereocenters. The third-order valence-electron chi connectivity index (χ3n) is 3.58. The summed E-state index contributed by atoms with van der Waals surface area (Å²) in [4.78, 5) is 25.5. The highest BCUT2D eigenvalue weighted by Crippen LogP contribution is 2.22. The van der Waals surface area contributed by atoms with Gasteiger partial charge in [0.15, 0.2) is 10.9 Å². The number of rotatable bonds is 5. The van der Waals surface area contributed by atoms with Crippen molar-refractivity contribution < 1.29 is 14.3 Å². The molecule has 124 valence electrons. The van der Waals surface area contributed by atoms with Gasteiger partial charge in [0.05, 0.1) is 13.1 Å². The summed E-state index contributed by atoms with van der Waals surface area (Å²) in [6, 6.07) is 7.02. The Bertz CT molecular complexity index is 601. The third-order valence-corrected chi connectivity index (χ3v) is 3.93. The zero-order valence-corrected chi connectivity index (χ0v) is 14.3. The lowest BCUT2D eigenvalue weighted by atomic mass is 10.0. The molecule has 0 unspecified atom stereocenters. The maximum atomic E-state index is 12.0. The molecule has 1 heterocycles. The molecule has 1 aromatic rings. The number of nitrogens with zero attached hydrogens (tertiary/aromatic N) is 1. The molecule has 0 bridgehead atoms. The first-order valence-electron chi connectivity index (χ1n) is 7.50. The zero-order valence-electron chi connectivity index (χ0n) is 13.5. The van der Waals surface area contributed by atoms with Crippen molar-refractivity contribution in [3.05, 3.63) is 29.8 Å². The van der Waals surface area contributed by atoms with Crippen LogP contribution < -0.4 is 15.5 Å². The van der Waals surface area contributed by atoms with Gasteiger partial charge in [-0.3, -0.25) is 9.69 Å². The predicted molar refractivity (Wildman–Crippen MR) is 92.9 cm³/mol. The van der Waals surface area contributed by atoms with Gasteiger partial charge in [-0.1, -0.05) is 13.8 Å². The Labute approximate surface area is 141 Å². The number of hydrogen-bond acceptors (Lipinski definition) is 4. The van der Waals surface area contributed by atoms with Crippen molar-refractivity contribution in [2.24, 2.45) is 5.92 Å². The van der Waals surface area contributed by atoms with Crippen LogP contribution in [0.2, 0.25) is 0 Å². The molecule has 1 aliphatic heterocycles. The average Bonchev–Trinajstić information content (AvgIpc) is 2.92. The highest BCUT2D eigenvalue weighted by Gasteiger charge is 2.32. The summed E-state index contributed by atoms with van der Waals surface area (Å²) in [5, 5.41) is 6.29. The van der Waals surface area contributed by atoms with Crippen molar-refractivity contribution in [3.63, 3.8) is 0 Å². The van der Waals surface area contributed by atoms with E-state index in [-0.39, 0.29) is 17.8 Å². The van der Waals surface area contributed by atoms with E-state index in [1.165, 1.54) is 0 Å². The summed E-state index contributed by atoms with van der Waals surface area (Å²) in [6.07, 6.45) is -0.666. The molecule has 6 nitrogen and oxygen atoms in total. The number of Topliss-reactive ketones (excluding diaryl/α,β-unsaturated/α-hetero) is 1. The minimum Gasteiger partial charge on any atom is -0.442 e. The van der Waals surface area contributed by atoms with Gasteiger partial charge in [-0.2, -0.15) is 0 Å². The number of ketones is 1. The molecule has 23 heavy (non-hydrogen) atoms. The second-order valence-corrected chi connectivity index (χ2v) is 6.05. The highest BCUT2D eigenvalue weighted by molar-refractivity contribution is 7.80. The molecular formula is C16H21N3O3S. The monoisotopic (exact) mass is 335 g/mol. The lowest BCUT2D eigenvalue weighted by Gasteiger charge is -2.14. The second-order valence-electron chi connectivity index (χ2n) is 5.64. The number of cyclic esters (lactones) is 1. The van der Waals surface area contributed by atoms with Gasteiger partial charge in [0.25, 0.3) is 0 Å². The summed E-state index contributed by atoms with van der Waals surface area (Å²) < 4.78 is 5.31. The average molecular weight is 335 g/mol. The Hall–Kier alpha value is -2.15. The van der Waals surface area contributed by atoms with Crippen LogP contribution in [0.25, 0.3) is 0 Å². The molecule has 1 aromatic carbocycles. The normalized spacial score (nSPS) is 17.1. The maximum Gasteiger partial charge on any atom is 0.414 e. The van der Waals surface area contributed by atoms with Crippen molar-refractivity contribution >= 4 is 34.9 Å². The minimum absolute atomic E-state index is 0.0518. The number of carbonyl (C=O) groups excluding carboxylic acids is 2. The molecular weight excluding hydrogens is 314 g/mol. The van der Waals surface area contributed by atoms with Crippen LogP contribution in [0.1, 0.15) is 24.2 Å². The fraction of sp³-hybridized carbons (Fsp3) is 0.438. The molecule has 0 spiro atoms. The Morgan fingerprint density at radius 3 is 2.61 bits per heavy atom. The Morgan fingerprint density at radius 1 is 1.39 bits per heavy atom. The van der Waals surface area contributed by atoms with E-state index in [4.69, 9.17) is 17.0 Å². The van der Waals surface area contributed by atoms with Gasteiger partial charge in [0, 0.05) is 24.2 Å². The van der Waals surface area contributed by atoms with Gasteiger partial charge in [-0.05, 0) is 36.5 Å². The van der Waals surface area contributed by atoms with Gasteiger partial charge in [0.2, 0.25) is 0 Å². The fourth-order valence-corrected chi connectivity index (χ4v) is 2.36. The topological polar surface area (TPSA) is 70.7 Å². The molecule has 0 aliphatic carbocycles. The maximum absolute atomic E-state index is 12.0. The van der Waals surface area contributed by atoms with Crippen LogP contribution in [0.15, 0.2) is 24.3 Å². The number of nitrogens with one attached hydrogen (secondary N) is 2. The highest BCUT2D eigenvalue weighted by atomic mass is 32.1. The standard InChI is InChI=1S/C16H21N3O3S/c1-10(2)14(20)11-4-6-12(7-5-11)19-9-13(22-16(19)21)8-18-15(23)17-3/h4-7,10,13H,8-9H2,1-3H3,(H2,17,18,23)/t13-/m0/s1. The van der Waals surface area contributed by atoms with E-state index in [9.17, 15) is 9.59 Å². The summed E-state index contributed by atoms with van der Waals surface area (Å²) in [5.74, 6) is 0.0345. The van der Waals surface area contributed by atoms with Crippen molar-refractivity contribution in [2.75, 3.05) is 25.0 Å². The third kappa shape index (κ3) is 4.19. The van der Waals surface area contributed by atoms with Crippen molar-refractivity contribution in [1.82, 2.24) is 10.6 Å². The van der Waals surface area contributed by atoms with Crippen LogP contribution >= 0.6 is 12.2 Å². The van der Waals surface area contributed by atoms with Crippen molar-refractivity contribution in [2.45, 2.75) is 20.0 Å². The molecule has 0 aromatic heterocycles. The minimum atomic E-state index is -0.393. The van der Waals surface area contributed by atoms with E-state index in [1.54, 1.807) is 36.2 Å². The number of amides is 1. The summed E-state index contributed by atoms with van der Waals surface area (Å²) in [5.41, 5.74) is 1.36. The van der Waals surface area contributed by atoms with E-state index in [1.807, 2.05) is 13.8 Å². The quantitative estimate of drug-likeness (QED) is 0.633.